The standard InChI is InChI=1S/C18H22O2.H2O2/c1-13(2)15-9-5-7-11-17(15)19-20-18-12-8-6-10-16(18)14(3)4;1-2/h5-14H,1-4H3;1-2H. The van der Waals surface area contributed by atoms with Gasteiger partial charge in [0.15, 0.2) is 11.5 Å². The number of hydrogen-bond acceptors (Lipinski definition) is 4. The van der Waals surface area contributed by atoms with Crippen LogP contribution >= 0.6 is 0 Å². The second kappa shape index (κ2) is 9.07. The Morgan fingerprint density at radius 2 is 0.955 bits per heavy atom. The molecule has 0 fully saturated rings. The van der Waals surface area contributed by atoms with E-state index in [0.29, 0.717) is 11.8 Å². The van der Waals surface area contributed by atoms with Gasteiger partial charge in [0.2, 0.25) is 0 Å². The van der Waals surface area contributed by atoms with Crippen LogP contribution in [0.3, 0.4) is 0 Å². The summed E-state index contributed by atoms with van der Waals surface area (Å²) in [5.74, 6) is 2.35. The van der Waals surface area contributed by atoms with E-state index in [1.807, 2.05) is 36.4 Å². The predicted molar refractivity (Wildman–Crippen MR) is 87.6 cm³/mol. The summed E-state index contributed by atoms with van der Waals surface area (Å²) in [6, 6.07) is 16.0. The molecule has 0 aliphatic carbocycles. The van der Waals surface area contributed by atoms with Gasteiger partial charge in [-0.15, -0.1) is 0 Å². The molecular formula is C18H24O4. The Balaban J connectivity index is 0.00000116. The molecule has 0 aliphatic heterocycles. The molecule has 0 saturated heterocycles. The first-order valence-electron chi connectivity index (χ1n) is 7.32. The lowest BCUT2D eigenvalue weighted by molar-refractivity contribution is -0.176. The molecule has 2 rings (SSSR count). The first-order chi connectivity index (χ1) is 10.6. The Morgan fingerprint density at radius 1 is 0.636 bits per heavy atom. The zero-order chi connectivity index (χ0) is 16.5. The second-order valence-electron chi connectivity index (χ2n) is 5.55. The molecule has 0 atom stereocenters. The highest BCUT2D eigenvalue weighted by Gasteiger charge is 2.11. The topological polar surface area (TPSA) is 58.9 Å². The third kappa shape index (κ3) is 4.76. The van der Waals surface area contributed by atoms with Crippen LogP contribution in [0.25, 0.3) is 0 Å². The van der Waals surface area contributed by atoms with Crippen molar-refractivity contribution in [1.82, 2.24) is 0 Å². The fourth-order valence-corrected chi connectivity index (χ4v) is 2.16. The summed E-state index contributed by atoms with van der Waals surface area (Å²) in [4.78, 5) is 11.2. The van der Waals surface area contributed by atoms with Gasteiger partial charge in [-0.2, -0.15) is 0 Å². The third-order valence-electron chi connectivity index (χ3n) is 3.30. The number of benzene rings is 2. The van der Waals surface area contributed by atoms with E-state index in [9.17, 15) is 0 Å². The highest BCUT2D eigenvalue weighted by atomic mass is 17.2. The van der Waals surface area contributed by atoms with Gasteiger partial charge in [0, 0.05) is 11.1 Å². The van der Waals surface area contributed by atoms with Crippen LogP contribution in [0.2, 0.25) is 0 Å². The maximum absolute atomic E-state index is 6.00. The quantitative estimate of drug-likeness (QED) is 0.579. The molecule has 22 heavy (non-hydrogen) atoms. The lowest BCUT2D eigenvalue weighted by Crippen LogP contribution is -2.06. The Hall–Kier alpha value is -2.04. The molecule has 4 heteroatoms. The smallest absolute Gasteiger partial charge is 0.182 e. The average molecular weight is 304 g/mol. The van der Waals surface area contributed by atoms with Gasteiger partial charge in [0.25, 0.3) is 0 Å². The number of para-hydroxylation sites is 2. The van der Waals surface area contributed by atoms with Crippen LogP contribution in [0.5, 0.6) is 11.5 Å². The molecule has 0 saturated carbocycles. The largest absolute Gasteiger partial charge is 0.290 e. The Kier molecular flexibility index (Phi) is 7.43. The SMILES string of the molecule is CC(C)c1ccccc1OOc1ccccc1C(C)C.OO. The van der Waals surface area contributed by atoms with Crippen molar-refractivity contribution in [1.29, 1.82) is 0 Å². The second-order valence-corrected chi connectivity index (χ2v) is 5.55. The minimum atomic E-state index is 0.398. The monoisotopic (exact) mass is 304 g/mol. The van der Waals surface area contributed by atoms with Crippen LogP contribution in [0.4, 0.5) is 0 Å². The Morgan fingerprint density at radius 3 is 1.27 bits per heavy atom. The maximum Gasteiger partial charge on any atom is 0.182 e. The van der Waals surface area contributed by atoms with Gasteiger partial charge >= 0.3 is 0 Å². The molecule has 0 aromatic heterocycles. The Labute approximate surface area is 131 Å². The van der Waals surface area contributed by atoms with Gasteiger partial charge in [0.05, 0.1) is 0 Å². The van der Waals surface area contributed by atoms with Crippen LogP contribution in [0, 0.1) is 0 Å². The van der Waals surface area contributed by atoms with Crippen molar-refractivity contribution in [2.24, 2.45) is 0 Å². The summed E-state index contributed by atoms with van der Waals surface area (Å²) in [5, 5.41) is 12.0. The number of rotatable bonds is 5. The molecule has 120 valence electrons. The molecule has 0 spiro atoms. The molecule has 4 nitrogen and oxygen atoms in total. The predicted octanol–water partition coefficient (Wildman–Crippen LogP) is 5.32. The zero-order valence-electron chi connectivity index (χ0n) is 13.5. The molecule has 0 unspecified atom stereocenters. The lowest BCUT2D eigenvalue weighted by atomic mass is 10.0. The lowest BCUT2D eigenvalue weighted by Gasteiger charge is -2.15. The van der Waals surface area contributed by atoms with Crippen LogP contribution in [0.1, 0.15) is 50.7 Å². The molecule has 0 bridgehead atoms. The van der Waals surface area contributed by atoms with Gasteiger partial charge in [-0.25, -0.2) is 0 Å². The van der Waals surface area contributed by atoms with E-state index in [4.69, 9.17) is 20.3 Å². The molecule has 0 aliphatic rings. The van der Waals surface area contributed by atoms with Gasteiger partial charge in [-0.05, 0) is 24.0 Å². The summed E-state index contributed by atoms with van der Waals surface area (Å²) in [6.07, 6.45) is 0. The van der Waals surface area contributed by atoms with E-state index in [0.717, 1.165) is 22.6 Å². The molecule has 0 radical (unpaired) electrons. The maximum atomic E-state index is 6.00. The highest BCUT2D eigenvalue weighted by molar-refractivity contribution is 5.37. The van der Waals surface area contributed by atoms with E-state index in [1.54, 1.807) is 0 Å². The summed E-state index contributed by atoms with van der Waals surface area (Å²) >= 11 is 0. The summed E-state index contributed by atoms with van der Waals surface area (Å²) in [7, 11) is 0. The van der Waals surface area contributed by atoms with Crippen molar-refractivity contribution in [3.8, 4) is 11.5 Å². The molecule has 0 amide bonds. The normalized spacial score (nSPS) is 10.2. The molecule has 2 N–H and O–H groups in total. The van der Waals surface area contributed by atoms with E-state index >= 15 is 0 Å². The zero-order valence-corrected chi connectivity index (χ0v) is 13.5. The fourth-order valence-electron chi connectivity index (χ4n) is 2.16. The van der Waals surface area contributed by atoms with Crippen LogP contribution in [-0.4, -0.2) is 10.5 Å². The van der Waals surface area contributed by atoms with Gasteiger partial charge in [-0.3, -0.25) is 20.3 Å². The summed E-state index contributed by atoms with van der Waals surface area (Å²) in [5.41, 5.74) is 2.30. The van der Waals surface area contributed by atoms with Crippen molar-refractivity contribution < 1.29 is 20.3 Å². The fraction of sp³-hybridized carbons (Fsp3) is 0.333. The highest BCUT2D eigenvalue weighted by Crippen LogP contribution is 2.29. The minimum Gasteiger partial charge on any atom is -0.290 e. The van der Waals surface area contributed by atoms with E-state index in [1.165, 1.54) is 0 Å². The van der Waals surface area contributed by atoms with Gasteiger partial charge < -0.3 is 0 Å². The molecular weight excluding hydrogens is 280 g/mol. The van der Waals surface area contributed by atoms with E-state index < -0.39 is 0 Å². The first kappa shape index (κ1) is 18.0. The van der Waals surface area contributed by atoms with Crippen molar-refractivity contribution in [3.63, 3.8) is 0 Å². The van der Waals surface area contributed by atoms with Gasteiger partial charge in [0.1, 0.15) is 0 Å². The van der Waals surface area contributed by atoms with Crippen molar-refractivity contribution in [3.05, 3.63) is 59.7 Å². The third-order valence-corrected chi connectivity index (χ3v) is 3.30. The molecule has 2 aromatic rings. The summed E-state index contributed by atoms with van der Waals surface area (Å²) in [6.45, 7) is 8.57. The van der Waals surface area contributed by atoms with Crippen molar-refractivity contribution >= 4 is 0 Å². The van der Waals surface area contributed by atoms with Gasteiger partial charge in [-0.1, -0.05) is 64.1 Å². The van der Waals surface area contributed by atoms with Crippen molar-refractivity contribution in [2.45, 2.75) is 39.5 Å². The minimum absolute atomic E-state index is 0.398. The van der Waals surface area contributed by atoms with Crippen molar-refractivity contribution in [2.75, 3.05) is 0 Å². The average Bonchev–Trinajstić information content (AvgIpc) is 2.55. The van der Waals surface area contributed by atoms with E-state index in [2.05, 4.69) is 39.8 Å². The van der Waals surface area contributed by atoms with Crippen LogP contribution in [0.15, 0.2) is 48.5 Å². The Bertz CT molecular complexity index is 513. The molecule has 2 aromatic carbocycles. The number of hydrogen-bond donors (Lipinski definition) is 2. The van der Waals surface area contributed by atoms with Crippen LogP contribution < -0.4 is 9.78 Å². The first-order valence-corrected chi connectivity index (χ1v) is 7.32. The summed E-state index contributed by atoms with van der Waals surface area (Å²) < 4.78 is 0. The van der Waals surface area contributed by atoms with Crippen LogP contribution in [-0.2, 0) is 0 Å². The molecule has 0 heterocycles. The van der Waals surface area contributed by atoms with E-state index in [-0.39, 0.29) is 0 Å².